The summed E-state index contributed by atoms with van der Waals surface area (Å²) in [5, 5.41) is 11.1. The first-order chi connectivity index (χ1) is 25.3. The minimum atomic E-state index is -0.922. The van der Waals surface area contributed by atoms with Crippen molar-refractivity contribution in [3.63, 3.8) is 0 Å². The van der Waals surface area contributed by atoms with Crippen molar-refractivity contribution in [1.29, 1.82) is 0 Å². The molecule has 2 aliphatic carbocycles. The maximum Gasteiger partial charge on any atom is 0.238 e. The number of phenols is 1. The van der Waals surface area contributed by atoms with Crippen LogP contribution in [-0.2, 0) is 28.7 Å². The van der Waals surface area contributed by atoms with E-state index in [2.05, 4.69) is 9.80 Å². The lowest BCUT2D eigenvalue weighted by Gasteiger charge is -2.44. The lowest BCUT2D eigenvalue weighted by molar-refractivity contribution is -0.126. The molecule has 0 aromatic heterocycles. The summed E-state index contributed by atoms with van der Waals surface area (Å²) in [6, 6.07) is 18.9. The lowest BCUT2D eigenvalue weighted by atomic mass is 9.57. The van der Waals surface area contributed by atoms with Gasteiger partial charge < -0.3 is 24.4 Å². The van der Waals surface area contributed by atoms with E-state index in [0.717, 1.165) is 43.6 Å². The number of hydrogen-bond acceptors (Lipinski definition) is 9. The highest BCUT2D eigenvalue weighted by Crippen LogP contribution is 2.59. The number of carbonyl (C=O) groups is 4. The first kappa shape index (κ1) is 32.8. The van der Waals surface area contributed by atoms with Gasteiger partial charge in [0.05, 0.1) is 61.5 Å². The molecule has 0 spiro atoms. The fourth-order valence-electron chi connectivity index (χ4n) is 9.50. The second-order valence-electron chi connectivity index (χ2n) is 14.5. The normalized spacial score (nSPS) is 28.9. The average molecular weight is 707 g/mol. The molecule has 1 saturated carbocycles. The molecule has 4 aliphatic heterocycles. The van der Waals surface area contributed by atoms with Gasteiger partial charge in [0.15, 0.2) is 11.6 Å². The van der Waals surface area contributed by atoms with E-state index in [4.69, 9.17) is 9.47 Å². The SMILES string of the molecule is O=C1[C@H]2[C@H](CC=C3[C@H]2C[C@H]2C(=O)N(c4ccc(N5CCOCC5)cc4)C(=O)[C@H]2[C@H]3c2cccc(F)c2O)C(=O)N1c1ccc(N2CCOCC2)cc1. The molecule has 3 aromatic rings. The van der Waals surface area contributed by atoms with Gasteiger partial charge in [0.25, 0.3) is 0 Å². The molecule has 52 heavy (non-hydrogen) atoms. The van der Waals surface area contributed by atoms with Crippen LogP contribution in [0, 0.1) is 35.4 Å². The number of fused-ring (bicyclic) bond motifs is 4. The molecule has 6 aliphatic rings. The Kier molecular flexibility index (Phi) is 8.11. The Morgan fingerprint density at radius 3 is 1.65 bits per heavy atom. The highest BCUT2D eigenvalue weighted by atomic mass is 19.1. The summed E-state index contributed by atoms with van der Waals surface area (Å²) < 4.78 is 25.9. The van der Waals surface area contributed by atoms with Crippen LogP contribution >= 0.6 is 0 Å². The number of benzene rings is 3. The fraction of sp³-hybridized carbons (Fsp3) is 0.400. The summed E-state index contributed by atoms with van der Waals surface area (Å²) >= 11 is 0. The topological polar surface area (TPSA) is 120 Å². The quantitative estimate of drug-likeness (QED) is 0.307. The van der Waals surface area contributed by atoms with Crippen LogP contribution in [0.1, 0.15) is 24.3 Å². The van der Waals surface area contributed by atoms with E-state index in [0.29, 0.717) is 43.4 Å². The van der Waals surface area contributed by atoms with Gasteiger partial charge in [-0.25, -0.2) is 4.39 Å². The Labute approximate surface area is 300 Å². The number of phenolic OH excluding ortho intramolecular Hbond substituents is 1. The van der Waals surface area contributed by atoms with E-state index >= 15 is 0 Å². The van der Waals surface area contributed by atoms with Gasteiger partial charge in [-0.15, -0.1) is 0 Å². The van der Waals surface area contributed by atoms with Crippen LogP contribution in [0.3, 0.4) is 0 Å². The number of para-hydroxylation sites is 1. The van der Waals surface area contributed by atoms with Crippen LogP contribution in [0.15, 0.2) is 78.4 Å². The van der Waals surface area contributed by atoms with Gasteiger partial charge >= 0.3 is 0 Å². The van der Waals surface area contributed by atoms with E-state index in [1.54, 1.807) is 30.3 Å². The molecule has 0 radical (unpaired) electrons. The largest absolute Gasteiger partial charge is 0.505 e. The zero-order valence-electron chi connectivity index (χ0n) is 28.5. The van der Waals surface area contributed by atoms with Gasteiger partial charge in [-0.05, 0) is 73.4 Å². The molecule has 11 nitrogen and oxygen atoms in total. The van der Waals surface area contributed by atoms with Gasteiger partial charge in [0, 0.05) is 49.0 Å². The number of carbonyl (C=O) groups excluding carboxylic acids is 4. The van der Waals surface area contributed by atoms with Crippen LogP contribution in [0.5, 0.6) is 5.75 Å². The Bertz CT molecular complexity index is 1970. The van der Waals surface area contributed by atoms with Crippen molar-refractivity contribution >= 4 is 46.4 Å². The highest BCUT2D eigenvalue weighted by Gasteiger charge is 2.62. The number of imide groups is 2. The predicted octanol–water partition coefficient (Wildman–Crippen LogP) is 4.25. The molecule has 4 saturated heterocycles. The second kappa shape index (κ2) is 12.9. The van der Waals surface area contributed by atoms with E-state index in [9.17, 15) is 28.7 Å². The first-order valence-corrected chi connectivity index (χ1v) is 18.1. The van der Waals surface area contributed by atoms with Gasteiger partial charge in [-0.3, -0.25) is 29.0 Å². The molecule has 268 valence electrons. The Balaban J connectivity index is 1.06. The van der Waals surface area contributed by atoms with E-state index < -0.39 is 58.9 Å². The predicted molar refractivity (Wildman–Crippen MR) is 190 cm³/mol. The molecule has 0 bridgehead atoms. The monoisotopic (exact) mass is 706 g/mol. The van der Waals surface area contributed by atoms with Crippen LogP contribution in [0.4, 0.5) is 27.1 Å². The van der Waals surface area contributed by atoms with Crippen molar-refractivity contribution in [2.45, 2.75) is 18.8 Å². The smallest absolute Gasteiger partial charge is 0.238 e. The number of anilines is 4. The molecule has 4 heterocycles. The summed E-state index contributed by atoms with van der Waals surface area (Å²) in [7, 11) is 0. The zero-order chi connectivity index (χ0) is 35.7. The average Bonchev–Trinajstić information content (AvgIpc) is 3.59. The molecule has 6 atom stereocenters. The number of halogens is 1. The van der Waals surface area contributed by atoms with Gasteiger partial charge in [0.1, 0.15) is 0 Å². The van der Waals surface area contributed by atoms with Gasteiger partial charge in [-0.1, -0.05) is 23.8 Å². The number of ether oxygens (including phenoxy) is 2. The third-order valence-electron chi connectivity index (χ3n) is 12.0. The minimum absolute atomic E-state index is 0.181. The molecule has 5 fully saturated rings. The maximum absolute atomic E-state index is 15.0. The number of morpholine rings is 2. The summed E-state index contributed by atoms with van der Waals surface area (Å²) in [6.45, 7) is 5.49. The van der Waals surface area contributed by atoms with Crippen molar-refractivity contribution in [3.05, 3.63) is 89.8 Å². The van der Waals surface area contributed by atoms with Gasteiger partial charge in [-0.2, -0.15) is 0 Å². The van der Waals surface area contributed by atoms with Gasteiger partial charge in [0.2, 0.25) is 23.6 Å². The Morgan fingerprint density at radius 1 is 0.596 bits per heavy atom. The number of aromatic hydroxyl groups is 1. The standard InChI is InChI=1S/C40H39FN4O7/c41-32-3-1-2-28(36(32)46)33-27-12-13-29-34(39(49)44(37(29)47)25-8-4-23(5-9-25)42-14-18-51-19-15-42)30(27)22-31-35(33)40(50)45(38(31)48)26-10-6-24(7-11-26)43-16-20-52-21-17-43/h1-12,29-31,33-35,46H,13-22H2/t29-,30+,31+,33+,34-,35+/m0/s1. The summed E-state index contributed by atoms with van der Waals surface area (Å²) in [6.07, 6.45) is 2.33. The summed E-state index contributed by atoms with van der Waals surface area (Å²) in [4.78, 5) is 64.1. The Hall–Kier alpha value is -5.07. The van der Waals surface area contributed by atoms with E-state index in [1.165, 1.54) is 15.9 Å². The molecular formula is C40H39FN4O7. The van der Waals surface area contributed by atoms with Crippen LogP contribution in [-0.4, -0.2) is 81.3 Å². The number of amides is 4. The van der Waals surface area contributed by atoms with Crippen molar-refractivity contribution in [2.75, 3.05) is 72.2 Å². The molecule has 1 N–H and O–H groups in total. The minimum Gasteiger partial charge on any atom is -0.505 e. The third kappa shape index (κ3) is 5.14. The summed E-state index contributed by atoms with van der Waals surface area (Å²) in [5.74, 6) is -7.50. The first-order valence-electron chi connectivity index (χ1n) is 18.1. The zero-order valence-corrected chi connectivity index (χ0v) is 28.5. The molecule has 4 amide bonds. The fourth-order valence-corrected chi connectivity index (χ4v) is 9.50. The van der Waals surface area contributed by atoms with Crippen molar-refractivity contribution in [1.82, 2.24) is 0 Å². The number of rotatable bonds is 5. The molecular weight excluding hydrogens is 667 g/mol. The van der Waals surface area contributed by atoms with Crippen molar-refractivity contribution in [2.24, 2.45) is 29.6 Å². The molecule has 9 rings (SSSR count). The van der Waals surface area contributed by atoms with Crippen LogP contribution in [0.2, 0.25) is 0 Å². The van der Waals surface area contributed by atoms with E-state index in [-0.39, 0.29) is 30.2 Å². The molecule has 3 aromatic carbocycles. The molecule has 0 unspecified atom stereocenters. The molecule has 12 heteroatoms. The summed E-state index contributed by atoms with van der Waals surface area (Å²) in [5.41, 5.74) is 3.74. The second-order valence-corrected chi connectivity index (χ2v) is 14.5. The third-order valence-corrected chi connectivity index (χ3v) is 12.0. The lowest BCUT2D eigenvalue weighted by Crippen LogP contribution is -2.43. The van der Waals surface area contributed by atoms with Crippen molar-refractivity contribution in [3.8, 4) is 5.75 Å². The van der Waals surface area contributed by atoms with Crippen molar-refractivity contribution < 1.29 is 38.1 Å². The number of hydrogen-bond donors (Lipinski definition) is 1. The Morgan fingerprint density at radius 2 is 1.10 bits per heavy atom. The maximum atomic E-state index is 15.0. The number of nitrogens with zero attached hydrogens (tertiary/aromatic N) is 4. The number of allylic oxidation sites excluding steroid dienone is 2. The highest BCUT2D eigenvalue weighted by molar-refractivity contribution is 6.24. The van der Waals surface area contributed by atoms with E-state index in [1.807, 2.05) is 30.3 Å². The van der Waals surface area contributed by atoms with Crippen LogP contribution in [0.25, 0.3) is 0 Å². The van der Waals surface area contributed by atoms with Crippen LogP contribution < -0.4 is 19.6 Å².